The largest absolute Gasteiger partial charge is 0.369 e. The Morgan fingerprint density at radius 1 is 0.960 bits per heavy atom. The minimum absolute atomic E-state index is 0.00655. The number of sulfonamides is 1. The molecule has 0 bridgehead atoms. The zero-order chi connectivity index (χ0) is 17.4. The molecular formula is C18H20FN3O2S. The van der Waals surface area contributed by atoms with Crippen LogP contribution in [0.3, 0.4) is 0 Å². The van der Waals surface area contributed by atoms with Crippen molar-refractivity contribution in [3.63, 3.8) is 0 Å². The van der Waals surface area contributed by atoms with Crippen LogP contribution < -0.4 is 14.5 Å². The van der Waals surface area contributed by atoms with Crippen molar-refractivity contribution in [2.45, 2.75) is 11.3 Å². The van der Waals surface area contributed by atoms with Gasteiger partial charge in [0.1, 0.15) is 5.82 Å². The van der Waals surface area contributed by atoms with Crippen molar-refractivity contribution in [1.29, 1.82) is 0 Å². The Morgan fingerprint density at radius 2 is 1.68 bits per heavy atom. The summed E-state index contributed by atoms with van der Waals surface area (Å²) in [5.41, 5.74) is 2.88. The van der Waals surface area contributed by atoms with Gasteiger partial charge in [0.2, 0.25) is 0 Å². The van der Waals surface area contributed by atoms with E-state index in [1.807, 2.05) is 12.1 Å². The summed E-state index contributed by atoms with van der Waals surface area (Å²) in [6.07, 6.45) is 0.671. The molecule has 0 aliphatic carbocycles. The first-order chi connectivity index (χ1) is 12.1. The molecule has 0 atom stereocenters. The van der Waals surface area contributed by atoms with Gasteiger partial charge in [0, 0.05) is 44.0 Å². The molecule has 4 rings (SSSR count). The van der Waals surface area contributed by atoms with Gasteiger partial charge in [0.05, 0.1) is 10.6 Å². The Balaban J connectivity index is 1.72. The van der Waals surface area contributed by atoms with E-state index >= 15 is 0 Å². The molecule has 1 fully saturated rings. The first kappa shape index (κ1) is 16.4. The van der Waals surface area contributed by atoms with Gasteiger partial charge >= 0.3 is 0 Å². The van der Waals surface area contributed by atoms with Crippen LogP contribution in [0.1, 0.15) is 5.56 Å². The lowest BCUT2D eigenvalue weighted by Crippen LogP contribution is -2.43. The molecule has 7 heteroatoms. The molecule has 0 amide bonds. The van der Waals surface area contributed by atoms with Crippen molar-refractivity contribution in [3.8, 4) is 0 Å². The third kappa shape index (κ3) is 2.87. The number of fused-ring (bicyclic) bond motifs is 1. The van der Waals surface area contributed by atoms with Gasteiger partial charge in [0.25, 0.3) is 10.0 Å². The lowest BCUT2D eigenvalue weighted by Gasteiger charge is -2.31. The lowest BCUT2D eigenvalue weighted by atomic mass is 10.1. The van der Waals surface area contributed by atoms with Gasteiger partial charge in [-0.15, -0.1) is 0 Å². The van der Waals surface area contributed by atoms with Gasteiger partial charge in [-0.3, -0.25) is 4.31 Å². The summed E-state index contributed by atoms with van der Waals surface area (Å²) in [5.74, 6) is -0.546. The number of nitrogens with one attached hydrogen (secondary N) is 1. The fourth-order valence-electron chi connectivity index (χ4n) is 3.59. The van der Waals surface area contributed by atoms with Crippen LogP contribution in [0, 0.1) is 5.82 Å². The lowest BCUT2D eigenvalue weighted by molar-refractivity contribution is 0.587. The maximum atomic E-state index is 13.5. The van der Waals surface area contributed by atoms with Crippen molar-refractivity contribution in [2.24, 2.45) is 0 Å². The minimum atomic E-state index is -3.76. The summed E-state index contributed by atoms with van der Waals surface area (Å²) in [5, 5.41) is 3.33. The summed E-state index contributed by atoms with van der Waals surface area (Å²) in [4.78, 5) is 2.29. The van der Waals surface area contributed by atoms with Crippen molar-refractivity contribution in [3.05, 3.63) is 53.8 Å². The molecule has 2 heterocycles. The first-order valence-electron chi connectivity index (χ1n) is 8.43. The normalized spacial score (nSPS) is 17.6. The van der Waals surface area contributed by atoms with Crippen LogP contribution in [0.4, 0.5) is 15.8 Å². The van der Waals surface area contributed by atoms with Gasteiger partial charge in [-0.05, 0) is 36.8 Å². The fourth-order valence-corrected chi connectivity index (χ4v) is 5.12. The number of piperazine rings is 1. The molecule has 0 saturated carbocycles. The number of rotatable bonds is 3. The average Bonchev–Trinajstić information content (AvgIpc) is 3.07. The second kappa shape index (κ2) is 6.31. The number of halogens is 1. The van der Waals surface area contributed by atoms with Crippen LogP contribution in [-0.2, 0) is 16.4 Å². The Bertz CT molecular complexity index is 895. The number of hydrogen-bond donors (Lipinski definition) is 1. The molecule has 25 heavy (non-hydrogen) atoms. The Morgan fingerprint density at radius 3 is 2.44 bits per heavy atom. The smallest absolute Gasteiger partial charge is 0.264 e. The van der Waals surface area contributed by atoms with Crippen LogP contribution in [0.5, 0.6) is 0 Å². The topological polar surface area (TPSA) is 52.7 Å². The van der Waals surface area contributed by atoms with Gasteiger partial charge < -0.3 is 10.2 Å². The van der Waals surface area contributed by atoms with Crippen molar-refractivity contribution in [2.75, 3.05) is 41.9 Å². The van der Waals surface area contributed by atoms with Crippen LogP contribution >= 0.6 is 0 Å². The number of nitrogens with zero attached hydrogens (tertiary/aromatic N) is 2. The molecule has 0 spiro atoms. The fraction of sp³-hybridized carbons (Fsp3) is 0.333. The predicted molar refractivity (Wildman–Crippen MR) is 96.2 cm³/mol. The molecule has 2 aromatic carbocycles. The van der Waals surface area contributed by atoms with Crippen LogP contribution in [0.2, 0.25) is 0 Å². The molecular weight excluding hydrogens is 341 g/mol. The van der Waals surface area contributed by atoms with Gasteiger partial charge in [0.15, 0.2) is 0 Å². The quantitative estimate of drug-likeness (QED) is 0.908. The second-order valence-electron chi connectivity index (χ2n) is 6.30. The van der Waals surface area contributed by atoms with E-state index in [0.717, 1.165) is 43.5 Å². The van der Waals surface area contributed by atoms with E-state index in [9.17, 15) is 12.8 Å². The highest BCUT2D eigenvalue weighted by Crippen LogP contribution is 2.38. The Kier molecular flexibility index (Phi) is 4.13. The van der Waals surface area contributed by atoms with Crippen molar-refractivity contribution in [1.82, 2.24) is 5.32 Å². The van der Waals surface area contributed by atoms with Gasteiger partial charge in [-0.25, -0.2) is 12.8 Å². The third-order valence-electron chi connectivity index (χ3n) is 4.80. The minimum Gasteiger partial charge on any atom is -0.369 e. The molecule has 0 radical (unpaired) electrons. The zero-order valence-electron chi connectivity index (χ0n) is 13.8. The second-order valence-corrected chi connectivity index (χ2v) is 8.16. The average molecular weight is 361 g/mol. The summed E-state index contributed by atoms with van der Waals surface area (Å²) in [6.45, 7) is 4.06. The van der Waals surface area contributed by atoms with Crippen molar-refractivity contribution >= 4 is 21.4 Å². The summed E-state index contributed by atoms with van der Waals surface area (Å²) in [7, 11) is -3.76. The van der Waals surface area contributed by atoms with E-state index in [0.29, 0.717) is 18.7 Å². The number of benzene rings is 2. The van der Waals surface area contributed by atoms with E-state index in [1.165, 1.54) is 22.5 Å². The Hall–Kier alpha value is -2.12. The molecule has 2 aliphatic rings. The van der Waals surface area contributed by atoms with E-state index < -0.39 is 15.8 Å². The van der Waals surface area contributed by atoms with Crippen LogP contribution in [-0.4, -0.2) is 41.1 Å². The molecule has 2 aromatic rings. The highest BCUT2D eigenvalue weighted by molar-refractivity contribution is 7.92. The van der Waals surface area contributed by atoms with Gasteiger partial charge in [-0.2, -0.15) is 0 Å². The highest BCUT2D eigenvalue weighted by atomic mass is 32.2. The van der Waals surface area contributed by atoms with Gasteiger partial charge in [-0.1, -0.05) is 12.1 Å². The third-order valence-corrected chi connectivity index (χ3v) is 6.61. The maximum Gasteiger partial charge on any atom is 0.264 e. The molecule has 5 nitrogen and oxygen atoms in total. The summed E-state index contributed by atoms with van der Waals surface area (Å²) in [6, 6.07) is 11.0. The first-order valence-corrected chi connectivity index (χ1v) is 9.87. The molecule has 0 aromatic heterocycles. The Labute approximate surface area is 147 Å². The summed E-state index contributed by atoms with van der Waals surface area (Å²) >= 11 is 0. The van der Waals surface area contributed by atoms with Crippen LogP contribution in [0.25, 0.3) is 0 Å². The van der Waals surface area contributed by atoms with Crippen LogP contribution in [0.15, 0.2) is 47.4 Å². The predicted octanol–water partition coefficient (Wildman–Crippen LogP) is 1.99. The molecule has 132 valence electrons. The van der Waals surface area contributed by atoms with E-state index in [-0.39, 0.29) is 4.90 Å². The molecule has 1 N–H and O–H groups in total. The highest BCUT2D eigenvalue weighted by Gasteiger charge is 2.33. The molecule has 0 unspecified atom stereocenters. The van der Waals surface area contributed by atoms with E-state index in [4.69, 9.17) is 0 Å². The SMILES string of the molecule is O=S(=O)(c1cccc(F)c1)N1CCc2c(N3CCNCC3)cccc21. The van der Waals surface area contributed by atoms with E-state index in [2.05, 4.69) is 16.3 Å². The molecule has 1 saturated heterocycles. The maximum absolute atomic E-state index is 13.5. The zero-order valence-corrected chi connectivity index (χ0v) is 14.6. The van der Waals surface area contributed by atoms with Crippen molar-refractivity contribution < 1.29 is 12.8 Å². The molecule has 2 aliphatic heterocycles. The van der Waals surface area contributed by atoms with E-state index in [1.54, 1.807) is 0 Å². The monoisotopic (exact) mass is 361 g/mol. The number of hydrogen-bond acceptors (Lipinski definition) is 4. The summed E-state index contributed by atoms with van der Waals surface area (Å²) < 4.78 is 40.8. The standard InChI is InChI=1S/C18H20FN3O2S/c19-14-3-1-4-15(13-14)25(23,24)22-10-7-16-17(5-2-6-18(16)22)21-11-8-20-9-12-21/h1-6,13,20H,7-12H2. The number of anilines is 2.